The largest absolute Gasteiger partial charge is 0.462 e. The minimum atomic E-state index is -0.413. The van der Waals surface area contributed by atoms with Crippen molar-refractivity contribution in [1.82, 2.24) is 9.97 Å². The van der Waals surface area contributed by atoms with Crippen molar-refractivity contribution in [2.75, 3.05) is 11.9 Å². The molecule has 1 aromatic carbocycles. The number of nitrogens with zero attached hydrogens (tertiary/aromatic N) is 2. The maximum atomic E-state index is 11.4. The molecule has 0 aliphatic heterocycles. The predicted molar refractivity (Wildman–Crippen MR) is 67.7 cm³/mol. The van der Waals surface area contributed by atoms with E-state index >= 15 is 0 Å². The summed E-state index contributed by atoms with van der Waals surface area (Å²) in [4.78, 5) is 19.5. The number of carbonyl (C=O) groups is 1. The molecule has 0 saturated carbocycles. The topological polar surface area (TPSA) is 64.1 Å². The number of ether oxygens (including phenoxy) is 1. The molecular weight excluding hydrogens is 230 g/mol. The number of esters is 1. The lowest BCUT2D eigenvalue weighted by molar-refractivity contribution is 0.0525. The van der Waals surface area contributed by atoms with Gasteiger partial charge in [-0.05, 0) is 19.1 Å². The van der Waals surface area contributed by atoms with Gasteiger partial charge in [0.05, 0.1) is 12.2 Å². The van der Waals surface area contributed by atoms with Crippen LogP contribution in [0.3, 0.4) is 0 Å². The highest BCUT2D eigenvalue weighted by Crippen LogP contribution is 2.11. The monoisotopic (exact) mass is 243 g/mol. The number of carbonyl (C=O) groups excluding carboxylic acids is 1. The van der Waals surface area contributed by atoms with Crippen LogP contribution in [0.1, 0.15) is 17.3 Å². The Hall–Kier alpha value is -2.43. The first-order chi connectivity index (χ1) is 8.79. The van der Waals surface area contributed by atoms with Crippen LogP contribution in [-0.4, -0.2) is 22.5 Å². The van der Waals surface area contributed by atoms with E-state index in [2.05, 4.69) is 15.3 Å². The molecule has 18 heavy (non-hydrogen) atoms. The molecule has 0 fully saturated rings. The van der Waals surface area contributed by atoms with Crippen LogP contribution in [0.25, 0.3) is 0 Å². The molecule has 0 atom stereocenters. The molecule has 1 heterocycles. The second kappa shape index (κ2) is 5.77. The van der Waals surface area contributed by atoms with Crippen molar-refractivity contribution in [1.29, 1.82) is 0 Å². The van der Waals surface area contributed by atoms with E-state index in [0.29, 0.717) is 18.1 Å². The van der Waals surface area contributed by atoms with E-state index in [4.69, 9.17) is 4.74 Å². The molecule has 0 saturated heterocycles. The van der Waals surface area contributed by atoms with E-state index in [1.54, 1.807) is 6.92 Å². The highest BCUT2D eigenvalue weighted by atomic mass is 16.5. The lowest BCUT2D eigenvalue weighted by atomic mass is 10.3. The standard InChI is InChI=1S/C13H13N3O2/c1-2-18-12(17)10-8-14-13(15-9-10)16-11-6-4-3-5-7-11/h3-9H,2H2,1H3,(H,14,15,16). The summed E-state index contributed by atoms with van der Waals surface area (Å²) in [5.74, 6) is 0.0259. The smallest absolute Gasteiger partial charge is 0.341 e. The summed E-state index contributed by atoms with van der Waals surface area (Å²) in [6.45, 7) is 2.09. The van der Waals surface area contributed by atoms with E-state index in [0.717, 1.165) is 5.69 Å². The molecule has 0 amide bonds. The number of rotatable bonds is 4. The summed E-state index contributed by atoms with van der Waals surface area (Å²) in [5, 5.41) is 3.03. The van der Waals surface area contributed by atoms with Gasteiger partial charge in [-0.1, -0.05) is 18.2 Å². The third-order valence-corrected chi connectivity index (χ3v) is 2.19. The number of anilines is 2. The molecule has 0 spiro atoms. The van der Waals surface area contributed by atoms with Crippen LogP contribution in [0.15, 0.2) is 42.7 Å². The lowest BCUT2D eigenvalue weighted by Crippen LogP contribution is -2.06. The Morgan fingerprint density at radius 2 is 1.89 bits per heavy atom. The van der Waals surface area contributed by atoms with Gasteiger partial charge in [0.25, 0.3) is 0 Å². The second-order valence-electron chi connectivity index (χ2n) is 3.51. The molecule has 0 bridgehead atoms. The first kappa shape index (κ1) is 12.0. The number of benzene rings is 1. The first-order valence-electron chi connectivity index (χ1n) is 5.61. The second-order valence-corrected chi connectivity index (χ2v) is 3.51. The van der Waals surface area contributed by atoms with Gasteiger partial charge in [0.1, 0.15) is 0 Å². The van der Waals surface area contributed by atoms with Crippen LogP contribution in [0, 0.1) is 0 Å². The average Bonchev–Trinajstić information content (AvgIpc) is 2.41. The number of hydrogen-bond acceptors (Lipinski definition) is 5. The molecule has 1 aromatic heterocycles. The van der Waals surface area contributed by atoms with Crippen molar-refractivity contribution in [2.45, 2.75) is 6.92 Å². The Labute approximate surface area is 105 Å². The number of hydrogen-bond donors (Lipinski definition) is 1. The molecule has 0 unspecified atom stereocenters. The van der Waals surface area contributed by atoms with Crippen LogP contribution in [-0.2, 0) is 4.74 Å². The normalized spacial score (nSPS) is 9.83. The quantitative estimate of drug-likeness (QED) is 0.835. The van der Waals surface area contributed by atoms with E-state index in [9.17, 15) is 4.79 Å². The van der Waals surface area contributed by atoms with E-state index in [1.165, 1.54) is 12.4 Å². The molecule has 2 rings (SSSR count). The minimum absolute atomic E-state index is 0.336. The molecule has 0 aliphatic carbocycles. The van der Waals surface area contributed by atoms with Crippen LogP contribution in [0.5, 0.6) is 0 Å². The van der Waals surface area contributed by atoms with Gasteiger partial charge < -0.3 is 10.1 Å². The summed E-state index contributed by atoms with van der Waals surface area (Å²) < 4.78 is 4.85. The van der Waals surface area contributed by atoms with Crippen molar-refractivity contribution >= 4 is 17.6 Å². The summed E-state index contributed by atoms with van der Waals surface area (Å²) in [5.41, 5.74) is 1.23. The van der Waals surface area contributed by atoms with Gasteiger partial charge in [-0.3, -0.25) is 0 Å². The molecule has 5 nitrogen and oxygen atoms in total. The zero-order valence-electron chi connectivity index (χ0n) is 9.96. The molecule has 5 heteroatoms. The van der Waals surface area contributed by atoms with Gasteiger partial charge in [0.15, 0.2) is 0 Å². The van der Waals surface area contributed by atoms with Gasteiger partial charge in [-0.15, -0.1) is 0 Å². The first-order valence-corrected chi connectivity index (χ1v) is 5.61. The molecule has 1 N–H and O–H groups in total. The van der Waals surface area contributed by atoms with Gasteiger partial charge in [-0.25, -0.2) is 14.8 Å². The number of para-hydroxylation sites is 1. The van der Waals surface area contributed by atoms with Crippen LogP contribution < -0.4 is 5.32 Å². The average molecular weight is 243 g/mol. The summed E-state index contributed by atoms with van der Waals surface area (Å²) in [7, 11) is 0. The fourth-order valence-corrected chi connectivity index (χ4v) is 1.36. The Balaban J connectivity index is 2.06. The van der Waals surface area contributed by atoms with Gasteiger partial charge in [-0.2, -0.15) is 0 Å². The Bertz CT molecular complexity index is 512. The van der Waals surface area contributed by atoms with Crippen LogP contribution in [0.4, 0.5) is 11.6 Å². The third kappa shape index (κ3) is 3.04. The lowest BCUT2D eigenvalue weighted by Gasteiger charge is -2.05. The Kier molecular flexibility index (Phi) is 3.86. The fraction of sp³-hybridized carbons (Fsp3) is 0.154. The third-order valence-electron chi connectivity index (χ3n) is 2.19. The zero-order valence-corrected chi connectivity index (χ0v) is 9.96. The molecule has 2 aromatic rings. The van der Waals surface area contributed by atoms with Crippen molar-refractivity contribution in [3.8, 4) is 0 Å². The minimum Gasteiger partial charge on any atom is -0.462 e. The van der Waals surface area contributed by atoms with Gasteiger partial charge in [0, 0.05) is 18.1 Å². The van der Waals surface area contributed by atoms with E-state index < -0.39 is 5.97 Å². The highest BCUT2D eigenvalue weighted by Gasteiger charge is 2.07. The van der Waals surface area contributed by atoms with E-state index in [1.807, 2.05) is 30.3 Å². The molecule has 0 radical (unpaired) electrons. The SMILES string of the molecule is CCOC(=O)c1cnc(Nc2ccccc2)nc1. The summed E-state index contributed by atoms with van der Waals surface area (Å²) in [6.07, 6.45) is 2.88. The summed E-state index contributed by atoms with van der Waals surface area (Å²) in [6, 6.07) is 9.56. The highest BCUT2D eigenvalue weighted by molar-refractivity contribution is 5.88. The van der Waals surface area contributed by atoms with E-state index in [-0.39, 0.29) is 0 Å². The predicted octanol–water partition coefficient (Wildman–Crippen LogP) is 2.40. The number of nitrogens with one attached hydrogen (secondary N) is 1. The number of aromatic nitrogens is 2. The Morgan fingerprint density at radius 3 is 2.50 bits per heavy atom. The van der Waals surface area contributed by atoms with Gasteiger partial charge in [0.2, 0.25) is 5.95 Å². The Morgan fingerprint density at radius 1 is 1.22 bits per heavy atom. The van der Waals surface area contributed by atoms with Gasteiger partial charge >= 0.3 is 5.97 Å². The zero-order chi connectivity index (χ0) is 12.8. The molecule has 92 valence electrons. The molecule has 0 aliphatic rings. The van der Waals surface area contributed by atoms with Crippen molar-refractivity contribution in [3.05, 3.63) is 48.3 Å². The summed E-state index contributed by atoms with van der Waals surface area (Å²) >= 11 is 0. The molecular formula is C13H13N3O2. The van der Waals surface area contributed by atoms with Crippen LogP contribution >= 0.6 is 0 Å². The van der Waals surface area contributed by atoms with Crippen molar-refractivity contribution in [3.63, 3.8) is 0 Å². The van der Waals surface area contributed by atoms with Crippen molar-refractivity contribution in [2.24, 2.45) is 0 Å². The van der Waals surface area contributed by atoms with Crippen LogP contribution in [0.2, 0.25) is 0 Å². The maximum Gasteiger partial charge on any atom is 0.341 e. The van der Waals surface area contributed by atoms with Crippen molar-refractivity contribution < 1.29 is 9.53 Å². The maximum absolute atomic E-state index is 11.4. The fourth-order valence-electron chi connectivity index (χ4n) is 1.36.